The predicted molar refractivity (Wildman–Crippen MR) is 82.1 cm³/mol. The summed E-state index contributed by atoms with van der Waals surface area (Å²) in [7, 11) is 0. The van der Waals surface area contributed by atoms with Gasteiger partial charge >= 0.3 is 0 Å². The standard InChI is InChI=1S/C17H26N2O/c1-12(2)17(4,5)11-19-13(3)18-15(16(19)20)14-9-7-6-8-10-14/h6-10,12-13,15,18H,11H2,1-5H3. The number of carbonyl (C=O) groups is 1. The highest BCUT2D eigenvalue weighted by atomic mass is 16.2. The van der Waals surface area contributed by atoms with Gasteiger partial charge in [0.1, 0.15) is 6.04 Å². The smallest absolute Gasteiger partial charge is 0.245 e. The Labute approximate surface area is 122 Å². The number of nitrogens with zero attached hydrogens (tertiary/aromatic N) is 1. The maximum absolute atomic E-state index is 12.7. The number of amides is 1. The first-order valence-corrected chi connectivity index (χ1v) is 7.44. The van der Waals surface area contributed by atoms with E-state index in [4.69, 9.17) is 0 Å². The molecule has 0 aromatic heterocycles. The number of hydrogen-bond donors (Lipinski definition) is 1. The molecule has 1 amide bonds. The largest absolute Gasteiger partial charge is 0.325 e. The van der Waals surface area contributed by atoms with Crippen LogP contribution in [0, 0.1) is 11.3 Å². The Balaban J connectivity index is 2.16. The van der Waals surface area contributed by atoms with Crippen LogP contribution in [0.3, 0.4) is 0 Å². The molecule has 0 bridgehead atoms. The summed E-state index contributed by atoms with van der Waals surface area (Å²) in [6.07, 6.45) is 0.0886. The second-order valence-corrected chi connectivity index (χ2v) is 6.80. The van der Waals surface area contributed by atoms with E-state index in [0.29, 0.717) is 5.92 Å². The summed E-state index contributed by atoms with van der Waals surface area (Å²) in [4.78, 5) is 14.7. The molecule has 1 aliphatic rings. The van der Waals surface area contributed by atoms with Crippen molar-refractivity contribution in [3.05, 3.63) is 35.9 Å². The number of rotatable bonds is 4. The van der Waals surface area contributed by atoms with E-state index in [2.05, 4.69) is 39.9 Å². The summed E-state index contributed by atoms with van der Waals surface area (Å²) < 4.78 is 0. The molecule has 0 aliphatic carbocycles. The molecule has 0 radical (unpaired) electrons. The lowest BCUT2D eigenvalue weighted by molar-refractivity contribution is -0.131. The van der Waals surface area contributed by atoms with Crippen LogP contribution in [0.4, 0.5) is 0 Å². The monoisotopic (exact) mass is 274 g/mol. The third-order valence-electron chi connectivity index (χ3n) is 4.68. The van der Waals surface area contributed by atoms with Gasteiger partial charge in [-0.1, -0.05) is 58.0 Å². The van der Waals surface area contributed by atoms with Crippen molar-refractivity contribution in [2.45, 2.75) is 46.8 Å². The first-order valence-electron chi connectivity index (χ1n) is 7.44. The minimum absolute atomic E-state index is 0.0886. The van der Waals surface area contributed by atoms with Crippen molar-refractivity contribution in [2.75, 3.05) is 6.54 Å². The highest BCUT2D eigenvalue weighted by molar-refractivity contribution is 5.85. The van der Waals surface area contributed by atoms with Crippen LogP contribution in [0.2, 0.25) is 0 Å². The van der Waals surface area contributed by atoms with Crippen molar-refractivity contribution >= 4 is 5.91 Å². The van der Waals surface area contributed by atoms with E-state index in [0.717, 1.165) is 12.1 Å². The Morgan fingerprint density at radius 1 is 1.25 bits per heavy atom. The third-order valence-corrected chi connectivity index (χ3v) is 4.68. The molecule has 3 nitrogen and oxygen atoms in total. The fourth-order valence-corrected chi connectivity index (χ4v) is 2.48. The summed E-state index contributed by atoms with van der Waals surface area (Å²) in [5.41, 5.74) is 1.17. The van der Waals surface area contributed by atoms with Gasteiger partial charge in [0.25, 0.3) is 0 Å². The lowest BCUT2D eigenvalue weighted by atomic mass is 9.80. The first-order chi connectivity index (χ1) is 9.33. The number of carbonyl (C=O) groups excluding carboxylic acids is 1. The van der Waals surface area contributed by atoms with Crippen LogP contribution in [0.1, 0.15) is 46.2 Å². The van der Waals surface area contributed by atoms with Gasteiger partial charge in [0.05, 0.1) is 6.17 Å². The molecule has 110 valence electrons. The van der Waals surface area contributed by atoms with Gasteiger partial charge in [0.15, 0.2) is 0 Å². The van der Waals surface area contributed by atoms with Crippen LogP contribution in [-0.4, -0.2) is 23.5 Å². The van der Waals surface area contributed by atoms with Gasteiger partial charge in [-0.25, -0.2) is 0 Å². The zero-order valence-electron chi connectivity index (χ0n) is 13.2. The summed E-state index contributed by atoms with van der Waals surface area (Å²) >= 11 is 0. The molecule has 3 heteroatoms. The minimum Gasteiger partial charge on any atom is -0.325 e. The van der Waals surface area contributed by atoms with Gasteiger partial charge < -0.3 is 4.90 Å². The molecule has 0 saturated carbocycles. The van der Waals surface area contributed by atoms with Gasteiger partial charge in [-0.05, 0) is 23.8 Å². The molecule has 1 aromatic carbocycles. The average Bonchev–Trinajstić information content (AvgIpc) is 2.67. The van der Waals surface area contributed by atoms with E-state index in [1.54, 1.807) is 0 Å². The molecule has 1 heterocycles. The third kappa shape index (κ3) is 2.88. The second-order valence-electron chi connectivity index (χ2n) is 6.80. The van der Waals surface area contributed by atoms with Crippen LogP contribution < -0.4 is 5.32 Å². The van der Waals surface area contributed by atoms with Gasteiger partial charge in [-0.3, -0.25) is 10.1 Å². The number of benzene rings is 1. The van der Waals surface area contributed by atoms with Crippen molar-refractivity contribution in [3.63, 3.8) is 0 Å². The molecule has 20 heavy (non-hydrogen) atoms. The maximum atomic E-state index is 12.7. The average molecular weight is 274 g/mol. The zero-order chi connectivity index (χ0) is 14.9. The Morgan fingerprint density at radius 2 is 1.85 bits per heavy atom. The molecular weight excluding hydrogens is 248 g/mol. The summed E-state index contributed by atoms with van der Waals surface area (Å²) in [5, 5.41) is 3.41. The fraction of sp³-hybridized carbons (Fsp3) is 0.588. The quantitative estimate of drug-likeness (QED) is 0.914. The van der Waals surface area contributed by atoms with E-state index in [-0.39, 0.29) is 23.5 Å². The van der Waals surface area contributed by atoms with Gasteiger partial charge in [0, 0.05) is 6.54 Å². The molecule has 1 N–H and O–H groups in total. The SMILES string of the molecule is CC1NC(c2ccccc2)C(=O)N1CC(C)(C)C(C)C. The van der Waals surface area contributed by atoms with Gasteiger partial charge in [-0.15, -0.1) is 0 Å². The Hall–Kier alpha value is -1.35. The van der Waals surface area contributed by atoms with E-state index in [1.807, 2.05) is 35.2 Å². The summed E-state index contributed by atoms with van der Waals surface area (Å²) in [5.74, 6) is 0.732. The van der Waals surface area contributed by atoms with Gasteiger partial charge in [-0.2, -0.15) is 0 Å². The fourth-order valence-electron chi connectivity index (χ4n) is 2.48. The van der Waals surface area contributed by atoms with Crippen LogP contribution >= 0.6 is 0 Å². The molecule has 2 unspecified atom stereocenters. The van der Waals surface area contributed by atoms with Crippen LogP contribution in [0.25, 0.3) is 0 Å². The molecule has 2 rings (SSSR count). The van der Waals surface area contributed by atoms with E-state index in [9.17, 15) is 4.79 Å². The van der Waals surface area contributed by atoms with Crippen LogP contribution in [-0.2, 0) is 4.79 Å². The highest BCUT2D eigenvalue weighted by Gasteiger charge is 2.40. The van der Waals surface area contributed by atoms with Crippen LogP contribution in [0.5, 0.6) is 0 Å². The molecule has 1 saturated heterocycles. The predicted octanol–water partition coefficient (Wildman–Crippen LogP) is 3.19. The van der Waals surface area contributed by atoms with Crippen molar-refractivity contribution in [1.29, 1.82) is 0 Å². The van der Waals surface area contributed by atoms with Crippen LogP contribution in [0.15, 0.2) is 30.3 Å². The van der Waals surface area contributed by atoms with E-state index < -0.39 is 0 Å². The minimum atomic E-state index is -0.200. The Bertz CT molecular complexity index is 467. The molecular formula is C17H26N2O. The van der Waals surface area contributed by atoms with E-state index in [1.165, 1.54) is 0 Å². The van der Waals surface area contributed by atoms with E-state index >= 15 is 0 Å². The zero-order valence-corrected chi connectivity index (χ0v) is 13.2. The lowest BCUT2D eigenvalue weighted by Gasteiger charge is -2.35. The number of nitrogens with one attached hydrogen (secondary N) is 1. The molecule has 2 atom stereocenters. The molecule has 1 aliphatic heterocycles. The first kappa shape index (κ1) is 15.0. The highest BCUT2D eigenvalue weighted by Crippen LogP contribution is 2.31. The second kappa shape index (κ2) is 5.57. The van der Waals surface area contributed by atoms with Crippen molar-refractivity contribution < 1.29 is 4.79 Å². The van der Waals surface area contributed by atoms with Crippen molar-refractivity contribution in [2.24, 2.45) is 11.3 Å². The topological polar surface area (TPSA) is 32.3 Å². The Morgan fingerprint density at radius 3 is 2.40 bits per heavy atom. The number of hydrogen-bond acceptors (Lipinski definition) is 2. The summed E-state index contributed by atoms with van der Waals surface area (Å²) in [6.45, 7) is 11.7. The maximum Gasteiger partial charge on any atom is 0.245 e. The molecule has 1 aromatic rings. The normalized spacial score (nSPS) is 23.7. The summed E-state index contributed by atoms with van der Waals surface area (Å²) in [6, 6.07) is 9.77. The lowest BCUT2D eigenvalue weighted by Crippen LogP contribution is -2.43. The Kier molecular flexibility index (Phi) is 4.19. The molecule has 1 fully saturated rings. The van der Waals surface area contributed by atoms with Crippen molar-refractivity contribution in [1.82, 2.24) is 10.2 Å². The van der Waals surface area contributed by atoms with Gasteiger partial charge in [0.2, 0.25) is 5.91 Å². The van der Waals surface area contributed by atoms with Crippen molar-refractivity contribution in [3.8, 4) is 0 Å². The molecule has 0 spiro atoms.